The van der Waals surface area contributed by atoms with Crippen LogP contribution in [0.2, 0.25) is 0 Å². The summed E-state index contributed by atoms with van der Waals surface area (Å²) in [5, 5.41) is 6.98. The van der Waals surface area contributed by atoms with Crippen molar-refractivity contribution in [3.05, 3.63) is 60.9 Å². The molecule has 25 heavy (non-hydrogen) atoms. The van der Waals surface area contributed by atoms with Crippen LogP contribution >= 0.6 is 0 Å². The van der Waals surface area contributed by atoms with Crippen LogP contribution in [-0.4, -0.2) is 34.1 Å². The summed E-state index contributed by atoms with van der Waals surface area (Å²) in [6, 6.07) is 16.6. The Morgan fingerprint density at radius 1 is 0.920 bits per heavy atom. The fraction of sp³-hybridized carbons (Fsp3) is 0.250. The van der Waals surface area contributed by atoms with Gasteiger partial charge in [-0.3, -0.25) is 4.98 Å². The van der Waals surface area contributed by atoms with E-state index in [-0.39, 0.29) is 0 Å². The van der Waals surface area contributed by atoms with Gasteiger partial charge in [0.15, 0.2) is 5.82 Å². The molecule has 0 radical (unpaired) electrons. The highest BCUT2D eigenvalue weighted by molar-refractivity contribution is 5.67. The van der Waals surface area contributed by atoms with Crippen molar-refractivity contribution in [2.75, 3.05) is 18.4 Å². The van der Waals surface area contributed by atoms with E-state index in [0.717, 1.165) is 48.6 Å². The fourth-order valence-electron chi connectivity index (χ4n) is 3.08. The molecule has 1 saturated heterocycles. The lowest BCUT2D eigenvalue weighted by Crippen LogP contribution is -2.35. The van der Waals surface area contributed by atoms with Gasteiger partial charge in [0.2, 0.25) is 0 Å². The predicted octanol–water partition coefficient (Wildman–Crippen LogP) is 3.37. The molecule has 0 spiro atoms. The lowest BCUT2D eigenvalue weighted by Gasteiger charge is -2.24. The van der Waals surface area contributed by atoms with Crippen molar-refractivity contribution in [2.45, 2.75) is 18.9 Å². The third-order valence-corrected chi connectivity index (χ3v) is 4.41. The number of aromatic nitrogens is 3. The van der Waals surface area contributed by atoms with Crippen LogP contribution in [0.25, 0.3) is 22.6 Å². The molecule has 4 rings (SSSR count). The van der Waals surface area contributed by atoms with E-state index in [2.05, 4.69) is 27.8 Å². The number of nitrogens with one attached hydrogen (secondary N) is 2. The van der Waals surface area contributed by atoms with E-state index in [1.165, 1.54) is 0 Å². The lowest BCUT2D eigenvalue weighted by molar-refractivity contribution is 0.478. The van der Waals surface area contributed by atoms with E-state index in [4.69, 9.17) is 9.97 Å². The van der Waals surface area contributed by atoms with Gasteiger partial charge in [0.05, 0.1) is 5.69 Å². The van der Waals surface area contributed by atoms with Gasteiger partial charge >= 0.3 is 0 Å². The Morgan fingerprint density at radius 2 is 1.72 bits per heavy atom. The molecule has 0 saturated carbocycles. The van der Waals surface area contributed by atoms with Gasteiger partial charge in [-0.2, -0.15) is 0 Å². The van der Waals surface area contributed by atoms with Gasteiger partial charge < -0.3 is 10.6 Å². The Bertz CT molecular complexity index is 756. The van der Waals surface area contributed by atoms with Crippen LogP contribution < -0.4 is 10.6 Å². The third kappa shape index (κ3) is 3.83. The first-order valence-electron chi connectivity index (χ1n) is 8.71. The zero-order valence-corrected chi connectivity index (χ0v) is 14.0. The summed E-state index contributed by atoms with van der Waals surface area (Å²) in [6.45, 7) is 2.09. The van der Waals surface area contributed by atoms with E-state index >= 15 is 0 Å². The van der Waals surface area contributed by atoms with Crippen LogP contribution in [-0.2, 0) is 0 Å². The second-order valence-electron chi connectivity index (χ2n) is 6.24. The Morgan fingerprint density at radius 3 is 2.48 bits per heavy atom. The molecule has 1 aromatic carbocycles. The highest BCUT2D eigenvalue weighted by Gasteiger charge is 2.15. The van der Waals surface area contributed by atoms with Crippen LogP contribution in [0.4, 0.5) is 5.82 Å². The number of nitrogens with zero attached hydrogens (tertiary/aromatic N) is 3. The van der Waals surface area contributed by atoms with Crippen molar-refractivity contribution in [2.24, 2.45) is 0 Å². The van der Waals surface area contributed by atoms with Crippen LogP contribution in [0.1, 0.15) is 12.8 Å². The maximum atomic E-state index is 4.76. The smallest absolute Gasteiger partial charge is 0.163 e. The monoisotopic (exact) mass is 331 g/mol. The molecule has 1 aliphatic rings. The molecule has 1 fully saturated rings. The second kappa shape index (κ2) is 7.40. The Balaban J connectivity index is 1.72. The van der Waals surface area contributed by atoms with E-state index in [9.17, 15) is 0 Å². The summed E-state index contributed by atoms with van der Waals surface area (Å²) in [4.78, 5) is 13.7. The molecule has 0 atom stereocenters. The second-order valence-corrected chi connectivity index (χ2v) is 6.24. The standard InChI is InChI=1S/C20H21N5/c1-2-5-15(6-3-1)18-13-19(23-17-8-11-21-12-9-17)25-20(24-18)16-7-4-10-22-14-16/h1-7,10,13-14,17,21H,8-9,11-12H2,(H,23,24,25). The number of hydrogen-bond donors (Lipinski definition) is 2. The normalized spacial score (nSPS) is 15.0. The third-order valence-electron chi connectivity index (χ3n) is 4.41. The minimum Gasteiger partial charge on any atom is -0.367 e. The van der Waals surface area contributed by atoms with Gasteiger partial charge in [-0.15, -0.1) is 0 Å². The molecule has 3 heterocycles. The summed E-state index contributed by atoms with van der Waals surface area (Å²) < 4.78 is 0. The lowest BCUT2D eigenvalue weighted by atomic mass is 10.1. The quantitative estimate of drug-likeness (QED) is 0.767. The van der Waals surface area contributed by atoms with Crippen LogP contribution in [0, 0.1) is 0 Å². The Labute approximate surface area is 147 Å². The summed E-state index contributed by atoms with van der Waals surface area (Å²) >= 11 is 0. The highest BCUT2D eigenvalue weighted by atomic mass is 15.1. The molecular formula is C20H21N5. The van der Waals surface area contributed by atoms with Crippen molar-refractivity contribution in [3.63, 3.8) is 0 Å². The van der Waals surface area contributed by atoms with Crippen molar-refractivity contribution in [1.82, 2.24) is 20.3 Å². The molecule has 126 valence electrons. The van der Waals surface area contributed by atoms with Crippen molar-refractivity contribution >= 4 is 5.82 Å². The van der Waals surface area contributed by atoms with Crippen molar-refractivity contribution in [1.29, 1.82) is 0 Å². The SMILES string of the molecule is c1ccc(-c2cc(NC3CCNCC3)nc(-c3cccnc3)n2)cc1. The first kappa shape index (κ1) is 15.7. The molecule has 5 heteroatoms. The molecule has 1 aliphatic heterocycles. The summed E-state index contributed by atoms with van der Waals surface area (Å²) in [5.41, 5.74) is 2.93. The topological polar surface area (TPSA) is 62.7 Å². The number of rotatable bonds is 4. The van der Waals surface area contributed by atoms with Gasteiger partial charge in [0.25, 0.3) is 0 Å². The number of piperidine rings is 1. The van der Waals surface area contributed by atoms with Gasteiger partial charge in [0, 0.05) is 35.6 Å². The largest absolute Gasteiger partial charge is 0.367 e. The molecule has 2 N–H and O–H groups in total. The number of anilines is 1. The van der Waals surface area contributed by atoms with E-state index in [0.29, 0.717) is 11.9 Å². The summed E-state index contributed by atoms with van der Waals surface area (Å²) in [6.07, 6.45) is 5.77. The first-order valence-corrected chi connectivity index (χ1v) is 8.71. The average molecular weight is 331 g/mol. The van der Waals surface area contributed by atoms with Gasteiger partial charge in [-0.25, -0.2) is 9.97 Å². The van der Waals surface area contributed by atoms with Crippen molar-refractivity contribution in [3.8, 4) is 22.6 Å². The number of benzene rings is 1. The van der Waals surface area contributed by atoms with Crippen molar-refractivity contribution < 1.29 is 0 Å². The average Bonchev–Trinajstić information content (AvgIpc) is 2.70. The molecule has 0 unspecified atom stereocenters. The minimum atomic E-state index is 0.446. The van der Waals surface area contributed by atoms with E-state index in [1.807, 2.05) is 36.4 Å². The van der Waals surface area contributed by atoms with Crippen LogP contribution in [0.3, 0.4) is 0 Å². The maximum Gasteiger partial charge on any atom is 0.163 e. The zero-order chi connectivity index (χ0) is 16.9. The highest BCUT2D eigenvalue weighted by Crippen LogP contribution is 2.24. The van der Waals surface area contributed by atoms with Gasteiger partial charge in [-0.1, -0.05) is 30.3 Å². The van der Waals surface area contributed by atoms with E-state index in [1.54, 1.807) is 12.4 Å². The molecule has 0 aliphatic carbocycles. The number of pyridine rings is 1. The molecule has 2 aromatic heterocycles. The maximum absolute atomic E-state index is 4.76. The number of hydrogen-bond acceptors (Lipinski definition) is 5. The Kier molecular flexibility index (Phi) is 4.65. The van der Waals surface area contributed by atoms with Gasteiger partial charge in [-0.05, 0) is 38.1 Å². The first-order chi connectivity index (χ1) is 12.4. The van der Waals surface area contributed by atoms with Gasteiger partial charge in [0.1, 0.15) is 5.82 Å². The predicted molar refractivity (Wildman–Crippen MR) is 100 cm³/mol. The summed E-state index contributed by atoms with van der Waals surface area (Å²) in [7, 11) is 0. The fourth-order valence-corrected chi connectivity index (χ4v) is 3.08. The molecule has 5 nitrogen and oxygen atoms in total. The molecule has 0 amide bonds. The van der Waals surface area contributed by atoms with E-state index < -0.39 is 0 Å². The molecule has 0 bridgehead atoms. The Hall–Kier alpha value is -2.79. The van der Waals surface area contributed by atoms with Crippen LogP contribution in [0.15, 0.2) is 60.9 Å². The minimum absolute atomic E-state index is 0.446. The molecular weight excluding hydrogens is 310 g/mol. The molecule has 3 aromatic rings. The summed E-state index contributed by atoms with van der Waals surface area (Å²) in [5.74, 6) is 1.57. The zero-order valence-electron chi connectivity index (χ0n) is 14.0. The van der Waals surface area contributed by atoms with Crippen LogP contribution in [0.5, 0.6) is 0 Å².